The monoisotopic (exact) mass is 326 g/mol. The Bertz CT molecular complexity index is 525. The van der Waals surface area contributed by atoms with Crippen LogP contribution in [0.4, 0.5) is 5.69 Å². The van der Waals surface area contributed by atoms with Gasteiger partial charge < -0.3 is 20.5 Å². The van der Waals surface area contributed by atoms with Crippen molar-refractivity contribution in [1.29, 1.82) is 0 Å². The molecule has 1 aromatic rings. The second-order valence-electron chi connectivity index (χ2n) is 6.30. The molecular weight excluding hydrogens is 304 g/mol. The first kappa shape index (κ1) is 17.1. The maximum absolute atomic E-state index is 12.0. The van der Waals surface area contributed by atoms with Gasteiger partial charge in [0.25, 0.3) is 5.91 Å². The van der Waals surface area contributed by atoms with Crippen LogP contribution in [0.3, 0.4) is 0 Å². The van der Waals surface area contributed by atoms with Crippen LogP contribution in [0, 0.1) is 11.3 Å². The summed E-state index contributed by atoms with van der Waals surface area (Å²) in [6.45, 7) is 6.50. The van der Waals surface area contributed by atoms with Gasteiger partial charge in [0.1, 0.15) is 0 Å². The number of halogens is 1. The highest BCUT2D eigenvalue weighted by Crippen LogP contribution is 2.28. The zero-order valence-corrected chi connectivity index (χ0v) is 13.7. The van der Waals surface area contributed by atoms with Crippen molar-refractivity contribution in [3.05, 3.63) is 28.8 Å². The molecule has 1 aromatic carbocycles. The Morgan fingerprint density at radius 3 is 2.68 bits per heavy atom. The summed E-state index contributed by atoms with van der Waals surface area (Å²) in [6.07, 6.45) is 0. The van der Waals surface area contributed by atoms with E-state index < -0.39 is 0 Å². The maximum atomic E-state index is 12.0. The minimum atomic E-state index is -0.209. The van der Waals surface area contributed by atoms with E-state index in [-0.39, 0.29) is 17.9 Å². The van der Waals surface area contributed by atoms with Gasteiger partial charge in [0, 0.05) is 18.8 Å². The number of carbonyl (C=O) groups excluding carboxylic acids is 1. The molecule has 0 aliphatic carbocycles. The molecule has 1 aliphatic rings. The topological polar surface area (TPSA) is 70.6 Å². The number of carbonyl (C=O) groups is 1. The highest BCUT2D eigenvalue weighted by molar-refractivity contribution is 6.34. The van der Waals surface area contributed by atoms with E-state index in [0.717, 1.165) is 5.69 Å². The van der Waals surface area contributed by atoms with Gasteiger partial charge in [-0.2, -0.15) is 0 Å². The number of anilines is 1. The normalized spacial score (nSPS) is 16.2. The fourth-order valence-electron chi connectivity index (χ4n) is 2.13. The fourth-order valence-corrected chi connectivity index (χ4v) is 2.40. The summed E-state index contributed by atoms with van der Waals surface area (Å²) in [4.78, 5) is 12.0. The number of hydrogen-bond acceptors (Lipinski definition) is 4. The number of rotatable bonds is 7. The molecule has 0 spiro atoms. The third kappa shape index (κ3) is 4.12. The van der Waals surface area contributed by atoms with Gasteiger partial charge in [0.15, 0.2) is 0 Å². The van der Waals surface area contributed by atoms with E-state index in [4.69, 9.17) is 16.3 Å². The van der Waals surface area contributed by atoms with E-state index in [1.807, 2.05) is 19.9 Å². The second-order valence-corrected chi connectivity index (χ2v) is 6.71. The molecule has 0 unspecified atom stereocenters. The van der Waals surface area contributed by atoms with Gasteiger partial charge in [-0.25, -0.2) is 0 Å². The first-order valence-corrected chi connectivity index (χ1v) is 7.84. The van der Waals surface area contributed by atoms with E-state index in [9.17, 15) is 9.90 Å². The van der Waals surface area contributed by atoms with Crippen molar-refractivity contribution >= 4 is 23.2 Å². The molecule has 0 bridgehead atoms. The van der Waals surface area contributed by atoms with Crippen molar-refractivity contribution in [3.8, 4) is 0 Å². The van der Waals surface area contributed by atoms with Crippen molar-refractivity contribution in [3.63, 3.8) is 0 Å². The molecule has 1 aliphatic heterocycles. The smallest absolute Gasteiger partial charge is 0.252 e. The van der Waals surface area contributed by atoms with Gasteiger partial charge in [0.05, 0.1) is 35.8 Å². The molecule has 0 atom stereocenters. The van der Waals surface area contributed by atoms with E-state index in [2.05, 4.69) is 10.6 Å². The molecule has 0 radical (unpaired) electrons. The van der Waals surface area contributed by atoms with Gasteiger partial charge in [-0.05, 0) is 24.1 Å². The number of aliphatic hydroxyl groups excluding tert-OH is 1. The van der Waals surface area contributed by atoms with E-state index in [1.54, 1.807) is 12.1 Å². The SMILES string of the molecule is CC(C)CNC(=O)c1ccc(NCC2(CO)COC2)cc1Cl. The third-order valence-electron chi connectivity index (χ3n) is 3.70. The Morgan fingerprint density at radius 1 is 1.45 bits per heavy atom. The van der Waals surface area contributed by atoms with Crippen LogP contribution in [0.1, 0.15) is 24.2 Å². The highest BCUT2D eigenvalue weighted by atomic mass is 35.5. The van der Waals surface area contributed by atoms with Crippen LogP contribution in [0.15, 0.2) is 18.2 Å². The van der Waals surface area contributed by atoms with Crippen LogP contribution in [0.2, 0.25) is 5.02 Å². The van der Waals surface area contributed by atoms with Crippen molar-refractivity contribution in [2.75, 3.05) is 38.2 Å². The fraction of sp³-hybridized carbons (Fsp3) is 0.562. The first-order chi connectivity index (χ1) is 10.5. The summed E-state index contributed by atoms with van der Waals surface area (Å²) in [5.74, 6) is 0.229. The number of benzene rings is 1. The lowest BCUT2D eigenvalue weighted by molar-refractivity contribution is -0.128. The van der Waals surface area contributed by atoms with Crippen LogP contribution in [0.25, 0.3) is 0 Å². The lowest BCUT2D eigenvalue weighted by Gasteiger charge is -2.40. The van der Waals surface area contributed by atoms with Crippen LogP contribution in [0.5, 0.6) is 0 Å². The van der Waals surface area contributed by atoms with Gasteiger partial charge in [-0.1, -0.05) is 25.4 Å². The molecule has 5 nitrogen and oxygen atoms in total. The molecule has 22 heavy (non-hydrogen) atoms. The van der Waals surface area contributed by atoms with E-state index in [0.29, 0.717) is 42.8 Å². The van der Waals surface area contributed by atoms with Gasteiger partial charge in [-0.15, -0.1) is 0 Å². The summed E-state index contributed by atoms with van der Waals surface area (Å²) < 4.78 is 5.16. The standard InChI is InChI=1S/C16H23ClN2O3/c1-11(2)6-18-15(21)13-4-3-12(5-14(13)17)19-7-16(8-20)9-22-10-16/h3-5,11,19-20H,6-10H2,1-2H3,(H,18,21). The molecular formula is C16H23ClN2O3. The minimum Gasteiger partial charge on any atom is -0.396 e. The predicted octanol–water partition coefficient (Wildman–Crippen LogP) is 2.15. The van der Waals surface area contributed by atoms with Gasteiger partial charge in [-0.3, -0.25) is 4.79 Å². The molecule has 122 valence electrons. The van der Waals surface area contributed by atoms with Crippen molar-refractivity contribution in [1.82, 2.24) is 5.32 Å². The van der Waals surface area contributed by atoms with Crippen LogP contribution in [-0.4, -0.2) is 43.9 Å². The van der Waals surface area contributed by atoms with E-state index >= 15 is 0 Å². The molecule has 6 heteroatoms. The summed E-state index contributed by atoms with van der Waals surface area (Å²) in [5, 5.41) is 15.9. The van der Waals surface area contributed by atoms with Crippen LogP contribution in [-0.2, 0) is 4.74 Å². The third-order valence-corrected chi connectivity index (χ3v) is 4.02. The average molecular weight is 327 g/mol. The summed E-state index contributed by atoms with van der Waals surface area (Å²) in [6, 6.07) is 5.26. The number of ether oxygens (including phenoxy) is 1. The average Bonchev–Trinajstić information content (AvgIpc) is 2.44. The molecule has 1 heterocycles. The molecule has 3 N–H and O–H groups in total. The van der Waals surface area contributed by atoms with Crippen molar-refractivity contribution in [2.24, 2.45) is 11.3 Å². The number of amides is 1. The Kier molecular flexibility index (Phi) is 5.67. The first-order valence-electron chi connectivity index (χ1n) is 7.46. The van der Waals surface area contributed by atoms with Crippen LogP contribution >= 0.6 is 11.6 Å². The Labute approximate surface area is 136 Å². The number of nitrogens with one attached hydrogen (secondary N) is 2. The molecule has 2 rings (SSSR count). The molecule has 1 saturated heterocycles. The maximum Gasteiger partial charge on any atom is 0.252 e. The summed E-state index contributed by atoms with van der Waals surface area (Å²) in [7, 11) is 0. The lowest BCUT2D eigenvalue weighted by atomic mass is 9.87. The minimum absolute atomic E-state index is 0.0867. The summed E-state index contributed by atoms with van der Waals surface area (Å²) in [5.41, 5.74) is 1.08. The Balaban J connectivity index is 1.95. The molecule has 0 saturated carbocycles. The quantitative estimate of drug-likeness (QED) is 0.718. The van der Waals surface area contributed by atoms with Gasteiger partial charge >= 0.3 is 0 Å². The zero-order chi connectivity index (χ0) is 16.2. The highest BCUT2D eigenvalue weighted by Gasteiger charge is 2.37. The van der Waals surface area contributed by atoms with Crippen molar-refractivity contribution in [2.45, 2.75) is 13.8 Å². The molecule has 1 fully saturated rings. The number of aliphatic hydroxyl groups is 1. The van der Waals surface area contributed by atoms with Crippen LogP contribution < -0.4 is 10.6 Å². The number of hydrogen-bond donors (Lipinski definition) is 3. The van der Waals surface area contributed by atoms with E-state index in [1.165, 1.54) is 0 Å². The summed E-state index contributed by atoms with van der Waals surface area (Å²) >= 11 is 6.20. The Morgan fingerprint density at radius 2 is 2.18 bits per heavy atom. The Hall–Kier alpha value is -1.30. The van der Waals surface area contributed by atoms with Crippen molar-refractivity contribution < 1.29 is 14.6 Å². The zero-order valence-electron chi connectivity index (χ0n) is 13.0. The van der Waals surface area contributed by atoms with Gasteiger partial charge in [0.2, 0.25) is 0 Å². The predicted molar refractivity (Wildman–Crippen MR) is 87.5 cm³/mol. The second kappa shape index (κ2) is 7.31. The molecule has 0 aromatic heterocycles. The molecule has 1 amide bonds. The largest absolute Gasteiger partial charge is 0.396 e. The lowest BCUT2D eigenvalue weighted by Crippen LogP contribution is -2.50.